The molecule has 0 aliphatic rings. The Morgan fingerprint density at radius 1 is 0.700 bits per heavy atom. The Kier molecular flexibility index (Phi) is 68.0. The standard InChI is InChI=1S/C4H5N.4ClH.Sn/c1-2-4-5-3-1;;;;;/h1-5H;4*1H;/q;;;;;+4/p-4. The van der Waals surface area contributed by atoms with Crippen LogP contribution in [0.4, 0.5) is 0 Å². The summed E-state index contributed by atoms with van der Waals surface area (Å²) in [5.41, 5.74) is 0. The Labute approximate surface area is 102 Å². The number of H-pyrrole nitrogens is 1. The van der Waals surface area contributed by atoms with Gasteiger partial charge in [0.25, 0.3) is 0 Å². The number of aromatic nitrogens is 1. The van der Waals surface area contributed by atoms with Crippen molar-refractivity contribution in [2.45, 2.75) is 0 Å². The molecule has 1 heterocycles. The summed E-state index contributed by atoms with van der Waals surface area (Å²) >= 11 is 0. The largest absolute Gasteiger partial charge is 4.00 e. The third-order valence-electron chi connectivity index (χ3n) is 0.496. The fourth-order valence-corrected chi connectivity index (χ4v) is 0.278. The van der Waals surface area contributed by atoms with Gasteiger partial charge in [0.1, 0.15) is 0 Å². The molecule has 10 heavy (non-hydrogen) atoms. The maximum atomic E-state index is 2.86. The topological polar surface area (TPSA) is 15.8 Å². The fraction of sp³-hybridized carbons (Fsp3) is 0. The van der Waals surface area contributed by atoms with Gasteiger partial charge in [0, 0.05) is 12.4 Å². The number of hydrogen-bond donors (Lipinski definition) is 1. The predicted octanol–water partition coefficient (Wildman–Crippen LogP) is -11.4. The fourth-order valence-electron chi connectivity index (χ4n) is 0.278. The van der Waals surface area contributed by atoms with Gasteiger partial charge in [-0.15, -0.1) is 0 Å². The van der Waals surface area contributed by atoms with Crippen LogP contribution < -0.4 is 49.6 Å². The summed E-state index contributed by atoms with van der Waals surface area (Å²) in [4.78, 5) is 2.86. The number of nitrogens with one attached hydrogen (secondary N) is 1. The van der Waals surface area contributed by atoms with Crippen LogP contribution >= 0.6 is 0 Å². The molecule has 6 heteroatoms. The molecule has 0 unspecified atom stereocenters. The molecular formula is C4H5Cl4NSn. The van der Waals surface area contributed by atoms with Crippen LogP contribution in [0.1, 0.15) is 0 Å². The Hall–Kier alpha value is 1.24. The van der Waals surface area contributed by atoms with Crippen LogP contribution in [0.25, 0.3) is 0 Å². The van der Waals surface area contributed by atoms with Crippen molar-refractivity contribution in [3.8, 4) is 0 Å². The summed E-state index contributed by atoms with van der Waals surface area (Å²) in [7, 11) is 0. The Morgan fingerprint density at radius 3 is 1.10 bits per heavy atom. The predicted molar refractivity (Wildman–Crippen MR) is 26.5 cm³/mol. The molecule has 1 aromatic rings. The molecular weight excluding hydrogens is 323 g/mol. The second-order valence-corrected chi connectivity index (χ2v) is 0.885. The van der Waals surface area contributed by atoms with E-state index in [1.54, 1.807) is 0 Å². The number of hydrogen-bond acceptors (Lipinski definition) is 0. The molecule has 1 aromatic heterocycles. The van der Waals surface area contributed by atoms with Crippen molar-refractivity contribution < 1.29 is 49.6 Å². The molecule has 1 N–H and O–H groups in total. The molecule has 0 aromatic carbocycles. The van der Waals surface area contributed by atoms with Crippen molar-refractivity contribution in [3.05, 3.63) is 24.5 Å². The molecule has 0 amide bonds. The first-order valence-corrected chi connectivity index (χ1v) is 1.58. The monoisotopic (exact) mass is 327 g/mol. The van der Waals surface area contributed by atoms with Gasteiger partial charge in [-0.2, -0.15) is 0 Å². The molecule has 0 radical (unpaired) electrons. The SMILES string of the molecule is [Cl-].[Cl-].[Cl-].[Cl-].[Sn+4].c1cc[nH]c1. The Balaban J connectivity index is -0.0000000167. The van der Waals surface area contributed by atoms with Gasteiger partial charge < -0.3 is 54.6 Å². The van der Waals surface area contributed by atoms with Crippen LogP contribution in [0, 0.1) is 0 Å². The maximum absolute atomic E-state index is 2.86. The van der Waals surface area contributed by atoms with Crippen LogP contribution in [-0.4, -0.2) is 28.9 Å². The third kappa shape index (κ3) is 16.1. The van der Waals surface area contributed by atoms with E-state index in [2.05, 4.69) is 4.98 Å². The second-order valence-electron chi connectivity index (χ2n) is 0.885. The molecule has 0 atom stereocenters. The third-order valence-corrected chi connectivity index (χ3v) is 0.496. The van der Waals surface area contributed by atoms with Gasteiger partial charge in [-0.05, 0) is 12.1 Å². The average Bonchev–Trinajstić information content (AvgIpc) is 1.76. The van der Waals surface area contributed by atoms with E-state index in [1.807, 2.05) is 24.5 Å². The van der Waals surface area contributed by atoms with E-state index in [1.165, 1.54) is 0 Å². The van der Waals surface area contributed by atoms with Crippen molar-refractivity contribution in [3.63, 3.8) is 0 Å². The molecule has 0 saturated carbocycles. The van der Waals surface area contributed by atoms with Crippen LogP contribution in [0.3, 0.4) is 0 Å². The van der Waals surface area contributed by atoms with Gasteiger partial charge in [-0.3, -0.25) is 0 Å². The zero-order valence-corrected chi connectivity index (χ0v) is 10.7. The minimum absolute atomic E-state index is 0. The minimum Gasteiger partial charge on any atom is -1.00 e. The molecule has 58 valence electrons. The van der Waals surface area contributed by atoms with Gasteiger partial charge >= 0.3 is 23.9 Å². The van der Waals surface area contributed by atoms with Gasteiger partial charge in [-0.25, -0.2) is 0 Å². The summed E-state index contributed by atoms with van der Waals surface area (Å²) < 4.78 is 0. The summed E-state index contributed by atoms with van der Waals surface area (Å²) in [6.45, 7) is 0. The number of aromatic amines is 1. The maximum Gasteiger partial charge on any atom is 4.00 e. The van der Waals surface area contributed by atoms with Gasteiger partial charge in [0.2, 0.25) is 0 Å². The van der Waals surface area contributed by atoms with Crippen molar-refractivity contribution in [2.75, 3.05) is 0 Å². The van der Waals surface area contributed by atoms with E-state index in [4.69, 9.17) is 0 Å². The van der Waals surface area contributed by atoms with Crippen LogP contribution in [-0.2, 0) is 0 Å². The quantitative estimate of drug-likeness (QED) is 0.456. The van der Waals surface area contributed by atoms with Crippen molar-refractivity contribution in [2.24, 2.45) is 0 Å². The summed E-state index contributed by atoms with van der Waals surface area (Å²) in [6, 6.07) is 3.89. The summed E-state index contributed by atoms with van der Waals surface area (Å²) in [6.07, 6.45) is 3.75. The Morgan fingerprint density at radius 2 is 1.00 bits per heavy atom. The smallest absolute Gasteiger partial charge is 1.00 e. The molecule has 0 aliphatic carbocycles. The van der Waals surface area contributed by atoms with E-state index in [-0.39, 0.29) is 73.5 Å². The van der Waals surface area contributed by atoms with Crippen molar-refractivity contribution >= 4 is 23.9 Å². The number of rotatable bonds is 0. The van der Waals surface area contributed by atoms with E-state index < -0.39 is 0 Å². The van der Waals surface area contributed by atoms with Crippen LogP contribution in [0.5, 0.6) is 0 Å². The molecule has 0 spiro atoms. The van der Waals surface area contributed by atoms with Gasteiger partial charge in [-0.1, -0.05) is 0 Å². The van der Waals surface area contributed by atoms with E-state index >= 15 is 0 Å². The van der Waals surface area contributed by atoms with Crippen LogP contribution in [0.15, 0.2) is 24.5 Å². The van der Waals surface area contributed by atoms with Gasteiger partial charge in [0.05, 0.1) is 0 Å². The summed E-state index contributed by atoms with van der Waals surface area (Å²) in [5, 5.41) is 0. The molecule has 1 nitrogen and oxygen atoms in total. The second kappa shape index (κ2) is 22.5. The normalized spacial score (nSPS) is 4.00. The first-order chi connectivity index (χ1) is 2.50. The first kappa shape index (κ1) is 30.3. The zero-order chi connectivity index (χ0) is 3.54. The Bertz CT molecular complexity index is 73.7. The number of halogens is 4. The van der Waals surface area contributed by atoms with E-state index in [9.17, 15) is 0 Å². The summed E-state index contributed by atoms with van der Waals surface area (Å²) in [5.74, 6) is 0. The van der Waals surface area contributed by atoms with E-state index in [0.717, 1.165) is 0 Å². The van der Waals surface area contributed by atoms with E-state index in [0.29, 0.717) is 0 Å². The molecule has 0 saturated heterocycles. The van der Waals surface area contributed by atoms with Crippen molar-refractivity contribution in [1.29, 1.82) is 0 Å². The first-order valence-electron chi connectivity index (χ1n) is 1.58. The molecule has 0 aliphatic heterocycles. The molecule has 0 bridgehead atoms. The van der Waals surface area contributed by atoms with Crippen LogP contribution in [0.2, 0.25) is 0 Å². The van der Waals surface area contributed by atoms with Gasteiger partial charge in [0.15, 0.2) is 0 Å². The zero-order valence-electron chi connectivity index (χ0n) is 4.82. The van der Waals surface area contributed by atoms with Crippen molar-refractivity contribution in [1.82, 2.24) is 4.98 Å². The molecule has 0 fully saturated rings. The minimum atomic E-state index is 0. The average molecular weight is 328 g/mol. The molecule has 1 rings (SSSR count).